The van der Waals surface area contributed by atoms with E-state index in [0.717, 1.165) is 5.41 Å². The molecule has 2 aliphatic rings. The predicted molar refractivity (Wildman–Crippen MR) is 38.3 cm³/mol. The summed E-state index contributed by atoms with van der Waals surface area (Å²) in [7, 11) is 0. The zero-order valence-electron chi connectivity index (χ0n) is 6.33. The summed E-state index contributed by atoms with van der Waals surface area (Å²) in [5, 5.41) is 3.43. The summed E-state index contributed by atoms with van der Waals surface area (Å²) in [6, 6.07) is 0. The van der Waals surface area contributed by atoms with Gasteiger partial charge in [0.1, 0.15) is 0 Å². The van der Waals surface area contributed by atoms with E-state index in [2.05, 4.69) is 19.2 Å². The first-order chi connectivity index (χ1) is 4.16. The van der Waals surface area contributed by atoms with Gasteiger partial charge < -0.3 is 5.32 Å². The van der Waals surface area contributed by atoms with Crippen molar-refractivity contribution in [2.45, 2.75) is 26.7 Å². The van der Waals surface area contributed by atoms with Crippen LogP contribution in [0.3, 0.4) is 0 Å². The Morgan fingerprint density at radius 1 is 1.33 bits per heavy atom. The second-order valence-electron chi connectivity index (χ2n) is 4.27. The lowest BCUT2D eigenvalue weighted by molar-refractivity contribution is 0.418. The van der Waals surface area contributed by atoms with Crippen molar-refractivity contribution in [2.75, 3.05) is 13.1 Å². The monoisotopic (exact) mass is 125 g/mol. The van der Waals surface area contributed by atoms with Gasteiger partial charge in [-0.05, 0) is 30.2 Å². The lowest BCUT2D eigenvalue weighted by atomic mass is 9.95. The summed E-state index contributed by atoms with van der Waals surface area (Å²) in [5.74, 6) is 0. The molecule has 0 amide bonds. The van der Waals surface area contributed by atoms with Crippen LogP contribution >= 0.6 is 0 Å². The minimum absolute atomic E-state index is 0.663. The molecule has 9 heavy (non-hydrogen) atoms. The summed E-state index contributed by atoms with van der Waals surface area (Å²) in [5.41, 5.74) is 1.39. The highest BCUT2D eigenvalue weighted by molar-refractivity contribution is 5.12. The Hall–Kier alpha value is -0.0400. The fraction of sp³-hybridized carbons (Fsp3) is 1.00. The minimum Gasteiger partial charge on any atom is -0.316 e. The van der Waals surface area contributed by atoms with Crippen molar-refractivity contribution in [2.24, 2.45) is 10.8 Å². The van der Waals surface area contributed by atoms with E-state index >= 15 is 0 Å². The minimum atomic E-state index is 0.663. The SMILES string of the molecule is CC1(C)CC12CCNC2. The topological polar surface area (TPSA) is 12.0 Å². The van der Waals surface area contributed by atoms with Crippen LogP contribution in [0.15, 0.2) is 0 Å². The molecule has 2 fully saturated rings. The van der Waals surface area contributed by atoms with Crippen LogP contribution in [-0.2, 0) is 0 Å². The van der Waals surface area contributed by atoms with Crippen molar-refractivity contribution in [3.05, 3.63) is 0 Å². The maximum absolute atomic E-state index is 3.43. The van der Waals surface area contributed by atoms with E-state index in [1.165, 1.54) is 25.9 Å². The molecule has 0 bridgehead atoms. The first kappa shape index (κ1) is 5.72. The normalized spacial score (nSPS) is 46.0. The van der Waals surface area contributed by atoms with Gasteiger partial charge in [0.05, 0.1) is 0 Å². The summed E-state index contributed by atoms with van der Waals surface area (Å²) in [6.07, 6.45) is 2.87. The van der Waals surface area contributed by atoms with E-state index in [1.807, 2.05) is 0 Å². The number of hydrogen-bond acceptors (Lipinski definition) is 1. The Morgan fingerprint density at radius 2 is 2.00 bits per heavy atom. The van der Waals surface area contributed by atoms with E-state index in [4.69, 9.17) is 0 Å². The Balaban J connectivity index is 2.13. The van der Waals surface area contributed by atoms with E-state index in [9.17, 15) is 0 Å². The third-order valence-electron chi connectivity index (χ3n) is 3.33. The fourth-order valence-corrected chi connectivity index (χ4v) is 2.27. The quantitative estimate of drug-likeness (QED) is 0.516. The molecule has 1 aliphatic carbocycles. The van der Waals surface area contributed by atoms with Crippen molar-refractivity contribution in [1.29, 1.82) is 0 Å². The highest BCUT2D eigenvalue weighted by Gasteiger charge is 2.61. The molecule has 1 heteroatoms. The molecule has 1 N–H and O–H groups in total. The van der Waals surface area contributed by atoms with E-state index in [1.54, 1.807) is 0 Å². The molecule has 1 nitrogen and oxygen atoms in total. The first-order valence-electron chi connectivity index (χ1n) is 3.87. The Bertz CT molecular complexity index is 126. The molecule has 1 aliphatic heterocycles. The molecule has 1 unspecified atom stereocenters. The summed E-state index contributed by atoms with van der Waals surface area (Å²) >= 11 is 0. The number of hydrogen-bond donors (Lipinski definition) is 1. The van der Waals surface area contributed by atoms with E-state index in [-0.39, 0.29) is 0 Å². The standard InChI is InChI=1S/C8H15N/c1-7(2)5-8(7)3-4-9-6-8/h9H,3-6H2,1-2H3. The van der Waals surface area contributed by atoms with Gasteiger partial charge in [-0.1, -0.05) is 13.8 Å². The Morgan fingerprint density at radius 3 is 2.22 bits per heavy atom. The maximum atomic E-state index is 3.43. The highest BCUT2D eigenvalue weighted by Crippen LogP contribution is 2.66. The van der Waals surface area contributed by atoms with Crippen LogP contribution in [0, 0.1) is 10.8 Å². The van der Waals surface area contributed by atoms with Crippen LogP contribution in [0.25, 0.3) is 0 Å². The average molecular weight is 125 g/mol. The molecule has 52 valence electrons. The second-order valence-corrected chi connectivity index (χ2v) is 4.27. The number of rotatable bonds is 0. The molecule has 1 atom stereocenters. The molecule has 0 aromatic rings. The van der Waals surface area contributed by atoms with Crippen molar-refractivity contribution in [3.8, 4) is 0 Å². The Kier molecular flexibility index (Phi) is 0.852. The molecule has 0 radical (unpaired) electrons. The summed E-state index contributed by atoms with van der Waals surface area (Å²) < 4.78 is 0. The smallest absolute Gasteiger partial charge is 0.00136 e. The van der Waals surface area contributed by atoms with Crippen molar-refractivity contribution >= 4 is 0 Å². The lowest BCUT2D eigenvalue weighted by Crippen LogP contribution is -2.13. The van der Waals surface area contributed by atoms with Crippen LogP contribution < -0.4 is 5.32 Å². The first-order valence-corrected chi connectivity index (χ1v) is 3.87. The zero-order valence-corrected chi connectivity index (χ0v) is 6.33. The molecule has 0 aromatic heterocycles. The molecule has 1 spiro atoms. The van der Waals surface area contributed by atoms with Gasteiger partial charge in [0.25, 0.3) is 0 Å². The zero-order chi connectivity index (χ0) is 6.54. The fourth-order valence-electron chi connectivity index (χ4n) is 2.27. The Labute approximate surface area is 56.8 Å². The molecular weight excluding hydrogens is 110 g/mol. The maximum Gasteiger partial charge on any atom is 0.00136 e. The van der Waals surface area contributed by atoms with E-state index < -0.39 is 0 Å². The molecule has 1 saturated heterocycles. The van der Waals surface area contributed by atoms with Crippen LogP contribution in [-0.4, -0.2) is 13.1 Å². The average Bonchev–Trinajstić information content (AvgIpc) is 2.27. The molecule has 2 rings (SSSR count). The van der Waals surface area contributed by atoms with Gasteiger partial charge >= 0.3 is 0 Å². The predicted octanol–water partition coefficient (Wildman–Crippen LogP) is 1.40. The van der Waals surface area contributed by atoms with Crippen molar-refractivity contribution in [3.63, 3.8) is 0 Å². The van der Waals surface area contributed by atoms with Gasteiger partial charge in [0.15, 0.2) is 0 Å². The van der Waals surface area contributed by atoms with Crippen LogP contribution in [0.1, 0.15) is 26.7 Å². The van der Waals surface area contributed by atoms with Crippen LogP contribution in [0.2, 0.25) is 0 Å². The van der Waals surface area contributed by atoms with E-state index in [0.29, 0.717) is 5.41 Å². The van der Waals surface area contributed by atoms with Crippen molar-refractivity contribution < 1.29 is 0 Å². The molecule has 1 heterocycles. The van der Waals surface area contributed by atoms with Gasteiger partial charge in [0.2, 0.25) is 0 Å². The van der Waals surface area contributed by atoms with Crippen LogP contribution in [0.5, 0.6) is 0 Å². The summed E-state index contributed by atoms with van der Waals surface area (Å²) in [6.45, 7) is 7.31. The number of nitrogens with one attached hydrogen (secondary N) is 1. The third kappa shape index (κ3) is 0.586. The molecule has 0 aromatic carbocycles. The van der Waals surface area contributed by atoms with Crippen LogP contribution in [0.4, 0.5) is 0 Å². The molecule has 1 saturated carbocycles. The van der Waals surface area contributed by atoms with Gasteiger partial charge in [-0.3, -0.25) is 0 Å². The lowest BCUT2D eigenvalue weighted by Gasteiger charge is -2.09. The third-order valence-corrected chi connectivity index (χ3v) is 3.33. The van der Waals surface area contributed by atoms with Gasteiger partial charge in [-0.2, -0.15) is 0 Å². The van der Waals surface area contributed by atoms with Gasteiger partial charge in [0, 0.05) is 6.54 Å². The van der Waals surface area contributed by atoms with Crippen molar-refractivity contribution in [1.82, 2.24) is 5.32 Å². The van der Waals surface area contributed by atoms with Gasteiger partial charge in [-0.15, -0.1) is 0 Å². The largest absolute Gasteiger partial charge is 0.316 e. The highest BCUT2D eigenvalue weighted by atomic mass is 15.0. The molecular formula is C8H15N. The summed E-state index contributed by atoms with van der Waals surface area (Å²) in [4.78, 5) is 0. The second kappa shape index (κ2) is 1.34. The van der Waals surface area contributed by atoms with Gasteiger partial charge in [-0.25, -0.2) is 0 Å².